The van der Waals surface area contributed by atoms with Gasteiger partial charge in [-0.1, -0.05) is 39.3 Å². The van der Waals surface area contributed by atoms with Gasteiger partial charge in [0.05, 0.1) is 20.1 Å². The highest BCUT2D eigenvalue weighted by Crippen LogP contribution is 2.50. The van der Waals surface area contributed by atoms with Crippen molar-refractivity contribution < 1.29 is 29.0 Å². The van der Waals surface area contributed by atoms with E-state index in [9.17, 15) is 19.5 Å². The van der Waals surface area contributed by atoms with Crippen molar-refractivity contribution in [3.8, 4) is 11.5 Å². The SMILES string of the molecule is COc1cc(Cl)c(C(C2=C(O)CC(C)(C)CC2=O)C2C(=O)CC(C)(C)CC2=O)cc1OC. The quantitative estimate of drug-likeness (QED) is 0.603. The van der Waals surface area contributed by atoms with Crippen molar-refractivity contribution in [1.29, 1.82) is 0 Å². The lowest BCUT2D eigenvalue weighted by Crippen LogP contribution is -2.43. The third-order valence-electron chi connectivity index (χ3n) is 6.38. The van der Waals surface area contributed by atoms with Crippen LogP contribution in [0.5, 0.6) is 11.5 Å². The molecule has 174 valence electrons. The Hall–Kier alpha value is -2.34. The van der Waals surface area contributed by atoms with E-state index in [2.05, 4.69) is 0 Å². The fraction of sp³-hybridized carbons (Fsp3) is 0.560. The van der Waals surface area contributed by atoms with Crippen molar-refractivity contribution in [3.05, 3.63) is 34.1 Å². The molecule has 1 N–H and O–H groups in total. The van der Waals surface area contributed by atoms with E-state index in [4.69, 9.17) is 21.1 Å². The van der Waals surface area contributed by atoms with E-state index >= 15 is 0 Å². The lowest BCUT2D eigenvalue weighted by Gasteiger charge is -2.39. The first kappa shape index (κ1) is 24.3. The molecule has 1 saturated carbocycles. The summed E-state index contributed by atoms with van der Waals surface area (Å²) in [6, 6.07) is 3.14. The van der Waals surface area contributed by atoms with Gasteiger partial charge < -0.3 is 14.6 Å². The number of ketones is 3. The summed E-state index contributed by atoms with van der Waals surface area (Å²) in [5, 5.41) is 11.2. The molecule has 7 heteroatoms. The Morgan fingerprint density at radius 2 is 1.41 bits per heavy atom. The van der Waals surface area contributed by atoms with Crippen LogP contribution in [0.2, 0.25) is 5.02 Å². The van der Waals surface area contributed by atoms with Crippen LogP contribution in [0.4, 0.5) is 0 Å². The van der Waals surface area contributed by atoms with Crippen LogP contribution in [0.3, 0.4) is 0 Å². The summed E-state index contributed by atoms with van der Waals surface area (Å²) >= 11 is 6.60. The minimum absolute atomic E-state index is 0.0902. The molecule has 1 aromatic rings. The summed E-state index contributed by atoms with van der Waals surface area (Å²) in [5.41, 5.74) is -0.375. The molecule has 0 saturated heterocycles. The molecule has 0 bridgehead atoms. The topological polar surface area (TPSA) is 89.9 Å². The Kier molecular flexibility index (Phi) is 6.49. The zero-order valence-electron chi connectivity index (χ0n) is 19.5. The smallest absolute Gasteiger partial charge is 0.163 e. The fourth-order valence-corrected chi connectivity index (χ4v) is 5.31. The molecule has 0 radical (unpaired) electrons. The van der Waals surface area contributed by atoms with Gasteiger partial charge in [-0.25, -0.2) is 0 Å². The van der Waals surface area contributed by atoms with Gasteiger partial charge in [-0.2, -0.15) is 0 Å². The Balaban J connectivity index is 2.26. The number of aliphatic hydroxyl groups excluding tert-OH is 1. The predicted octanol–water partition coefficient (Wildman–Crippen LogP) is 5.22. The highest BCUT2D eigenvalue weighted by molar-refractivity contribution is 6.32. The summed E-state index contributed by atoms with van der Waals surface area (Å²) in [6.07, 6.45) is 0.890. The molecule has 2 aliphatic rings. The van der Waals surface area contributed by atoms with Gasteiger partial charge >= 0.3 is 0 Å². The van der Waals surface area contributed by atoms with Crippen molar-refractivity contribution in [1.82, 2.24) is 0 Å². The number of hydrogen-bond donors (Lipinski definition) is 1. The minimum Gasteiger partial charge on any atom is -0.512 e. The molecule has 1 aromatic carbocycles. The number of benzene rings is 1. The zero-order valence-corrected chi connectivity index (χ0v) is 20.3. The number of Topliss-reactive ketones (excluding diaryl/α,β-unsaturated/α-hetero) is 3. The normalized spacial score (nSPS) is 22.2. The molecule has 32 heavy (non-hydrogen) atoms. The van der Waals surface area contributed by atoms with Gasteiger partial charge in [0, 0.05) is 48.3 Å². The molecular formula is C25H31ClO6. The molecule has 1 fully saturated rings. The number of carbonyl (C=O) groups excluding carboxylic acids is 3. The van der Waals surface area contributed by atoms with Crippen LogP contribution < -0.4 is 9.47 Å². The van der Waals surface area contributed by atoms with Gasteiger partial charge in [-0.3, -0.25) is 14.4 Å². The van der Waals surface area contributed by atoms with Gasteiger partial charge in [-0.15, -0.1) is 0 Å². The number of ether oxygens (including phenoxy) is 2. The molecular weight excluding hydrogens is 432 g/mol. The number of aliphatic hydroxyl groups is 1. The Labute approximate surface area is 193 Å². The van der Waals surface area contributed by atoms with E-state index in [0.29, 0.717) is 17.1 Å². The van der Waals surface area contributed by atoms with Crippen LogP contribution in [0.1, 0.15) is 64.9 Å². The van der Waals surface area contributed by atoms with E-state index in [1.54, 1.807) is 12.1 Å². The molecule has 0 heterocycles. The molecule has 0 aliphatic heterocycles. The average molecular weight is 463 g/mol. The van der Waals surface area contributed by atoms with Gasteiger partial charge in [0.2, 0.25) is 0 Å². The van der Waals surface area contributed by atoms with Crippen molar-refractivity contribution >= 4 is 29.0 Å². The molecule has 2 aliphatic carbocycles. The summed E-state index contributed by atoms with van der Waals surface area (Å²) in [4.78, 5) is 39.8. The monoisotopic (exact) mass is 462 g/mol. The lowest BCUT2D eigenvalue weighted by molar-refractivity contribution is -0.140. The number of halogens is 1. The zero-order chi connectivity index (χ0) is 24.0. The van der Waals surface area contributed by atoms with Crippen LogP contribution in [0, 0.1) is 16.7 Å². The first-order valence-corrected chi connectivity index (χ1v) is 11.1. The molecule has 0 spiro atoms. The predicted molar refractivity (Wildman–Crippen MR) is 121 cm³/mol. The van der Waals surface area contributed by atoms with Crippen molar-refractivity contribution in [2.45, 2.75) is 59.3 Å². The molecule has 0 aromatic heterocycles. The van der Waals surface area contributed by atoms with Gasteiger partial charge in [0.25, 0.3) is 0 Å². The maximum atomic E-state index is 13.3. The second-order valence-corrected chi connectivity index (χ2v) is 10.8. The fourth-order valence-electron chi connectivity index (χ4n) is 5.04. The number of allylic oxidation sites excluding steroid dienone is 2. The van der Waals surface area contributed by atoms with Gasteiger partial charge in [0.1, 0.15) is 17.3 Å². The molecule has 0 amide bonds. The number of rotatable bonds is 5. The summed E-state index contributed by atoms with van der Waals surface area (Å²) in [5.74, 6) is -2.20. The van der Waals surface area contributed by atoms with E-state index in [0.717, 1.165) is 0 Å². The summed E-state index contributed by atoms with van der Waals surface area (Å²) < 4.78 is 10.7. The second kappa shape index (κ2) is 8.54. The van der Waals surface area contributed by atoms with Gasteiger partial charge in [-0.05, 0) is 22.5 Å². The number of methoxy groups -OCH3 is 2. The summed E-state index contributed by atoms with van der Waals surface area (Å²) in [6.45, 7) is 7.55. The third-order valence-corrected chi connectivity index (χ3v) is 6.71. The largest absolute Gasteiger partial charge is 0.512 e. The van der Waals surface area contributed by atoms with Crippen LogP contribution in [0.15, 0.2) is 23.5 Å². The maximum Gasteiger partial charge on any atom is 0.163 e. The van der Waals surface area contributed by atoms with Crippen LogP contribution in [-0.4, -0.2) is 36.7 Å². The Morgan fingerprint density at radius 1 is 0.906 bits per heavy atom. The van der Waals surface area contributed by atoms with Crippen LogP contribution in [-0.2, 0) is 14.4 Å². The molecule has 1 atom stereocenters. The maximum absolute atomic E-state index is 13.3. The Morgan fingerprint density at radius 3 is 1.91 bits per heavy atom. The molecule has 1 unspecified atom stereocenters. The number of hydrogen-bond acceptors (Lipinski definition) is 6. The minimum atomic E-state index is -1.10. The Bertz CT molecular complexity index is 984. The average Bonchev–Trinajstić information content (AvgIpc) is 2.63. The highest BCUT2D eigenvalue weighted by Gasteiger charge is 2.49. The number of carbonyl (C=O) groups is 3. The standard InChI is InChI=1S/C25H31ClO6/c1-24(2)9-15(27)22(16(28)10-24)21(23-17(29)11-25(3,4)12-18(23)30)13-7-19(31-5)20(32-6)8-14(13)26/h7-8,21-22,29H,9-12H2,1-6H3. The van der Waals surface area contributed by atoms with Crippen LogP contribution in [0.25, 0.3) is 0 Å². The van der Waals surface area contributed by atoms with E-state index in [1.807, 2.05) is 27.7 Å². The highest BCUT2D eigenvalue weighted by atomic mass is 35.5. The molecule has 6 nitrogen and oxygen atoms in total. The lowest BCUT2D eigenvalue weighted by atomic mass is 9.62. The third kappa shape index (κ3) is 4.56. The van der Waals surface area contributed by atoms with Crippen LogP contribution >= 0.6 is 11.6 Å². The molecule has 3 rings (SSSR count). The first-order chi connectivity index (χ1) is 14.8. The van der Waals surface area contributed by atoms with E-state index < -0.39 is 22.7 Å². The van der Waals surface area contributed by atoms with Crippen molar-refractivity contribution in [3.63, 3.8) is 0 Å². The van der Waals surface area contributed by atoms with E-state index in [1.165, 1.54) is 14.2 Å². The summed E-state index contributed by atoms with van der Waals surface area (Å²) in [7, 11) is 2.94. The van der Waals surface area contributed by atoms with Crippen molar-refractivity contribution in [2.75, 3.05) is 14.2 Å². The second-order valence-electron chi connectivity index (χ2n) is 10.4. The first-order valence-electron chi connectivity index (χ1n) is 10.7. The van der Waals surface area contributed by atoms with E-state index in [-0.39, 0.29) is 59.4 Å². The van der Waals surface area contributed by atoms with Crippen molar-refractivity contribution in [2.24, 2.45) is 16.7 Å². The van der Waals surface area contributed by atoms with Gasteiger partial charge in [0.15, 0.2) is 17.3 Å².